The summed E-state index contributed by atoms with van der Waals surface area (Å²) in [6.07, 6.45) is 19.4. The first-order chi connectivity index (χ1) is 21.0. The first kappa shape index (κ1) is 32.1. The number of ether oxygens (including phenoxy) is 2. The van der Waals surface area contributed by atoms with Gasteiger partial charge in [0.25, 0.3) is 0 Å². The molecule has 236 valence electrons. The number of rotatable bonds is 13. The molecule has 0 aliphatic heterocycles. The number of carbonyl (C=O) groups is 1. The van der Waals surface area contributed by atoms with Crippen molar-refractivity contribution in [1.82, 2.24) is 4.98 Å². The molecule has 0 saturated heterocycles. The molecule has 0 spiro atoms. The summed E-state index contributed by atoms with van der Waals surface area (Å²) in [5, 5.41) is 0. The summed E-state index contributed by atoms with van der Waals surface area (Å²) in [5.74, 6) is 3.90. The number of aromatic nitrogens is 1. The van der Waals surface area contributed by atoms with Crippen LogP contribution in [0.3, 0.4) is 0 Å². The van der Waals surface area contributed by atoms with Crippen LogP contribution < -0.4 is 4.74 Å². The lowest BCUT2D eigenvalue weighted by Gasteiger charge is -2.19. The van der Waals surface area contributed by atoms with E-state index < -0.39 is 0 Å². The fraction of sp³-hybridized carbons (Fsp3) is 0.684. The highest BCUT2D eigenvalue weighted by molar-refractivity contribution is 5.83. The number of pyridine rings is 1. The molecule has 3 saturated carbocycles. The number of benzene rings is 1. The zero-order chi connectivity index (χ0) is 30.2. The van der Waals surface area contributed by atoms with E-state index in [1.165, 1.54) is 87.1 Å². The van der Waals surface area contributed by atoms with E-state index in [0.717, 1.165) is 43.4 Å². The van der Waals surface area contributed by atoms with Crippen LogP contribution >= 0.6 is 0 Å². The van der Waals surface area contributed by atoms with E-state index in [0.29, 0.717) is 36.4 Å². The summed E-state index contributed by atoms with van der Waals surface area (Å²) in [7, 11) is 1.74. The van der Waals surface area contributed by atoms with Gasteiger partial charge in [-0.25, -0.2) is 4.39 Å². The lowest BCUT2D eigenvalue weighted by Crippen LogP contribution is -2.21. The van der Waals surface area contributed by atoms with Crippen molar-refractivity contribution in [3.63, 3.8) is 0 Å². The Bertz CT molecular complexity index is 1190. The number of hydrogen-bond acceptors (Lipinski definition) is 4. The van der Waals surface area contributed by atoms with Crippen LogP contribution in [0.25, 0.3) is 0 Å². The molecule has 0 bridgehead atoms. The Hall–Kier alpha value is -2.27. The monoisotopic (exact) mass is 591 g/mol. The second-order valence-electron chi connectivity index (χ2n) is 13.9. The van der Waals surface area contributed by atoms with Crippen LogP contribution in [-0.2, 0) is 29.0 Å². The maximum Gasteiger partial charge on any atom is 0.140 e. The zero-order valence-electron chi connectivity index (χ0n) is 26.9. The summed E-state index contributed by atoms with van der Waals surface area (Å²) >= 11 is 0. The van der Waals surface area contributed by atoms with Crippen LogP contribution in [0, 0.1) is 35.4 Å². The van der Waals surface area contributed by atoms with Crippen molar-refractivity contribution in [3.05, 3.63) is 58.7 Å². The molecular weight excluding hydrogens is 537 g/mol. The molecule has 3 aliphatic rings. The standard InChI is InChI=1S/C38H54FNO3/c1-4-28-20-27(25-42-3)24-40-38(28)31-13-8-7-12-30(14-9-15-31)35-21-32(35)18-19-43-34-17-16-33(36(39)23-34)22-37(41)26(2)29-10-5-6-11-29/h16-17,20,23-24,26,29-32,35H,4-15,18-19,21-22,25H2,1-3H3. The third-order valence-electron chi connectivity index (χ3n) is 11.0. The van der Waals surface area contributed by atoms with E-state index in [4.69, 9.17) is 14.5 Å². The van der Waals surface area contributed by atoms with Gasteiger partial charge in [0.2, 0.25) is 0 Å². The minimum absolute atomic E-state index is 0.0255. The minimum Gasteiger partial charge on any atom is -0.493 e. The molecule has 5 atom stereocenters. The molecule has 0 radical (unpaired) electrons. The highest BCUT2D eigenvalue weighted by Gasteiger charge is 2.42. The minimum atomic E-state index is -0.315. The van der Waals surface area contributed by atoms with Crippen LogP contribution in [0.5, 0.6) is 5.75 Å². The van der Waals surface area contributed by atoms with Crippen molar-refractivity contribution in [1.29, 1.82) is 0 Å². The number of ketones is 1. The van der Waals surface area contributed by atoms with Crippen LogP contribution in [0.15, 0.2) is 30.5 Å². The molecule has 5 unspecified atom stereocenters. The summed E-state index contributed by atoms with van der Waals surface area (Å²) in [6, 6.07) is 7.38. The molecule has 3 fully saturated rings. The average Bonchev–Trinajstić information content (AvgIpc) is 3.52. The molecule has 2 aromatic rings. The molecular formula is C38H54FNO3. The van der Waals surface area contributed by atoms with Gasteiger partial charge in [-0.2, -0.15) is 0 Å². The zero-order valence-corrected chi connectivity index (χ0v) is 26.9. The van der Waals surface area contributed by atoms with E-state index >= 15 is 0 Å². The van der Waals surface area contributed by atoms with Crippen LogP contribution in [0.2, 0.25) is 0 Å². The van der Waals surface area contributed by atoms with Crippen molar-refractivity contribution in [2.75, 3.05) is 13.7 Å². The lowest BCUT2D eigenvalue weighted by molar-refractivity contribution is -0.123. The first-order valence-corrected chi connectivity index (χ1v) is 17.4. The third-order valence-corrected chi connectivity index (χ3v) is 11.0. The highest BCUT2D eigenvalue weighted by Crippen LogP contribution is 2.50. The smallest absolute Gasteiger partial charge is 0.140 e. The van der Waals surface area contributed by atoms with Gasteiger partial charge >= 0.3 is 0 Å². The number of Topliss-reactive ketones (excluding diaryl/α,β-unsaturated/α-hetero) is 1. The predicted octanol–water partition coefficient (Wildman–Crippen LogP) is 9.42. The molecule has 43 heavy (non-hydrogen) atoms. The molecule has 3 aliphatic carbocycles. The Morgan fingerprint density at radius 1 is 1.00 bits per heavy atom. The van der Waals surface area contributed by atoms with Gasteiger partial charge in [0, 0.05) is 43.3 Å². The van der Waals surface area contributed by atoms with Crippen molar-refractivity contribution in [3.8, 4) is 5.75 Å². The van der Waals surface area contributed by atoms with Crippen molar-refractivity contribution in [2.45, 2.75) is 123 Å². The molecule has 1 heterocycles. The Morgan fingerprint density at radius 2 is 1.74 bits per heavy atom. The summed E-state index contributed by atoms with van der Waals surface area (Å²) in [5.41, 5.74) is 4.40. The van der Waals surface area contributed by atoms with Gasteiger partial charge in [-0.05, 0) is 91.4 Å². The number of hydrogen-bond donors (Lipinski definition) is 0. The summed E-state index contributed by atoms with van der Waals surface area (Å²) < 4.78 is 26.2. The molecule has 0 amide bonds. The number of nitrogens with zero attached hydrogens (tertiary/aromatic N) is 1. The summed E-state index contributed by atoms with van der Waals surface area (Å²) in [4.78, 5) is 17.7. The maximum absolute atomic E-state index is 14.8. The molecule has 5 rings (SSSR count). The van der Waals surface area contributed by atoms with Gasteiger partial charge in [0.1, 0.15) is 17.3 Å². The molecule has 5 heteroatoms. The predicted molar refractivity (Wildman–Crippen MR) is 171 cm³/mol. The quantitative estimate of drug-likeness (QED) is 0.233. The number of aryl methyl sites for hydroxylation is 1. The van der Waals surface area contributed by atoms with Crippen molar-refractivity contribution < 1.29 is 18.7 Å². The van der Waals surface area contributed by atoms with Crippen LogP contribution in [0.4, 0.5) is 4.39 Å². The van der Waals surface area contributed by atoms with Crippen molar-refractivity contribution in [2.24, 2.45) is 29.6 Å². The Balaban J connectivity index is 1.05. The number of carbonyl (C=O) groups excluding carboxylic acids is 1. The van der Waals surface area contributed by atoms with E-state index in [9.17, 15) is 9.18 Å². The number of halogens is 1. The topological polar surface area (TPSA) is 48.4 Å². The first-order valence-electron chi connectivity index (χ1n) is 17.4. The van der Waals surface area contributed by atoms with Gasteiger partial charge in [-0.15, -0.1) is 0 Å². The fourth-order valence-electron chi connectivity index (χ4n) is 8.22. The van der Waals surface area contributed by atoms with E-state index in [1.807, 2.05) is 19.2 Å². The Kier molecular flexibility index (Phi) is 11.7. The largest absolute Gasteiger partial charge is 0.493 e. The van der Waals surface area contributed by atoms with Crippen LogP contribution in [-0.4, -0.2) is 24.5 Å². The normalized spacial score (nSPS) is 25.5. The Morgan fingerprint density at radius 3 is 2.51 bits per heavy atom. The third kappa shape index (κ3) is 8.68. The van der Waals surface area contributed by atoms with Gasteiger partial charge in [0.05, 0.1) is 13.2 Å². The highest BCUT2D eigenvalue weighted by atomic mass is 19.1. The van der Waals surface area contributed by atoms with Gasteiger partial charge in [0.15, 0.2) is 0 Å². The Labute approximate surface area is 259 Å². The number of methoxy groups -OCH3 is 1. The fourth-order valence-corrected chi connectivity index (χ4v) is 8.22. The maximum atomic E-state index is 14.8. The summed E-state index contributed by atoms with van der Waals surface area (Å²) in [6.45, 7) is 5.53. The van der Waals surface area contributed by atoms with Crippen LogP contribution in [0.1, 0.15) is 126 Å². The molecule has 0 N–H and O–H groups in total. The van der Waals surface area contributed by atoms with Gasteiger partial charge in [-0.1, -0.05) is 70.9 Å². The molecule has 4 nitrogen and oxygen atoms in total. The second-order valence-corrected chi connectivity index (χ2v) is 13.9. The van der Waals surface area contributed by atoms with E-state index in [1.54, 1.807) is 13.2 Å². The van der Waals surface area contributed by atoms with Crippen molar-refractivity contribution >= 4 is 5.78 Å². The second kappa shape index (κ2) is 15.6. The molecule has 1 aromatic carbocycles. The SMILES string of the molecule is CCc1cc(COC)cnc1C1CCCCC(C2CC2CCOc2ccc(CC(=O)C(C)C3CCCC3)c(F)c2)CCC1. The van der Waals surface area contributed by atoms with E-state index in [2.05, 4.69) is 13.0 Å². The lowest BCUT2D eigenvalue weighted by atomic mass is 9.86. The average molecular weight is 592 g/mol. The van der Waals surface area contributed by atoms with Gasteiger partial charge in [-0.3, -0.25) is 9.78 Å². The van der Waals surface area contributed by atoms with Gasteiger partial charge < -0.3 is 9.47 Å². The molecule has 1 aromatic heterocycles. The van der Waals surface area contributed by atoms with E-state index in [-0.39, 0.29) is 23.9 Å².